The molecule has 1 aliphatic rings. The Hall–Kier alpha value is -2.57. The zero-order valence-corrected chi connectivity index (χ0v) is 15.1. The van der Waals surface area contributed by atoms with Crippen molar-refractivity contribution in [3.05, 3.63) is 64.1 Å². The number of hydrazine groups is 1. The first kappa shape index (κ1) is 18.2. The normalized spacial score (nSPS) is 16.5. The van der Waals surface area contributed by atoms with Crippen LogP contribution >= 0.6 is 23.2 Å². The lowest BCUT2D eigenvalue weighted by Crippen LogP contribution is -2.45. The van der Waals surface area contributed by atoms with E-state index in [9.17, 15) is 14.4 Å². The molecular weight excluding hydrogens is 377 g/mol. The molecule has 0 radical (unpaired) electrons. The summed E-state index contributed by atoms with van der Waals surface area (Å²) in [5.74, 6) is -1.72. The molecule has 1 saturated heterocycles. The first-order chi connectivity index (χ1) is 12.5. The minimum Gasteiger partial charge on any atom is -0.312 e. The van der Waals surface area contributed by atoms with Gasteiger partial charge >= 0.3 is 0 Å². The first-order valence-electron chi connectivity index (χ1n) is 7.86. The Morgan fingerprint density at radius 3 is 2.54 bits per heavy atom. The van der Waals surface area contributed by atoms with Crippen molar-refractivity contribution in [2.24, 2.45) is 5.92 Å². The first-order valence-corrected chi connectivity index (χ1v) is 8.62. The number of halogens is 2. The molecule has 1 atom stereocenters. The molecule has 0 aliphatic carbocycles. The van der Waals surface area contributed by atoms with E-state index < -0.39 is 17.7 Å². The number of carbonyl (C=O) groups excluding carboxylic acids is 3. The summed E-state index contributed by atoms with van der Waals surface area (Å²) in [7, 11) is 0. The van der Waals surface area contributed by atoms with Gasteiger partial charge in [-0.2, -0.15) is 0 Å². The lowest BCUT2D eigenvalue weighted by atomic mass is 10.1. The van der Waals surface area contributed by atoms with Gasteiger partial charge < -0.3 is 4.90 Å². The molecule has 0 bridgehead atoms. The predicted molar refractivity (Wildman–Crippen MR) is 99.0 cm³/mol. The van der Waals surface area contributed by atoms with Gasteiger partial charge in [-0.25, -0.2) is 0 Å². The van der Waals surface area contributed by atoms with Crippen LogP contribution in [0, 0.1) is 5.92 Å². The van der Waals surface area contributed by atoms with Crippen LogP contribution in [0.5, 0.6) is 0 Å². The van der Waals surface area contributed by atoms with Crippen LogP contribution in [0.25, 0.3) is 0 Å². The molecule has 1 heterocycles. The molecule has 0 spiro atoms. The highest BCUT2D eigenvalue weighted by Gasteiger charge is 2.35. The van der Waals surface area contributed by atoms with Crippen molar-refractivity contribution in [2.75, 3.05) is 11.4 Å². The van der Waals surface area contributed by atoms with Gasteiger partial charge in [0.05, 0.1) is 16.5 Å². The van der Waals surface area contributed by atoms with Crippen molar-refractivity contribution in [1.29, 1.82) is 0 Å². The minimum absolute atomic E-state index is 0.0559. The number of carbonyl (C=O) groups is 3. The molecule has 134 valence electrons. The van der Waals surface area contributed by atoms with Gasteiger partial charge in [-0.05, 0) is 30.3 Å². The van der Waals surface area contributed by atoms with E-state index in [-0.39, 0.29) is 29.5 Å². The summed E-state index contributed by atoms with van der Waals surface area (Å²) in [4.78, 5) is 38.1. The van der Waals surface area contributed by atoms with Gasteiger partial charge in [0, 0.05) is 23.7 Å². The fraction of sp³-hybridized carbons (Fsp3) is 0.167. The lowest BCUT2D eigenvalue weighted by molar-refractivity contribution is -0.126. The molecule has 6 nitrogen and oxygen atoms in total. The van der Waals surface area contributed by atoms with Crippen molar-refractivity contribution < 1.29 is 14.4 Å². The quantitative estimate of drug-likeness (QED) is 0.789. The summed E-state index contributed by atoms with van der Waals surface area (Å²) < 4.78 is 0. The molecule has 2 N–H and O–H groups in total. The predicted octanol–water partition coefficient (Wildman–Crippen LogP) is 2.81. The number of nitrogens with zero attached hydrogens (tertiary/aromatic N) is 1. The number of benzene rings is 2. The summed E-state index contributed by atoms with van der Waals surface area (Å²) in [5.41, 5.74) is 5.56. The SMILES string of the molecule is O=C(NNC(=O)[C@H]1CC(=O)N(c2cccc(Cl)c2)C1)c1ccccc1Cl. The second-order valence-corrected chi connectivity index (χ2v) is 6.65. The number of nitrogens with one attached hydrogen (secondary N) is 2. The Balaban J connectivity index is 1.60. The van der Waals surface area contributed by atoms with Gasteiger partial charge in [0.1, 0.15) is 0 Å². The van der Waals surface area contributed by atoms with E-state index in [4.69, 9.17) is 23.2 Å². The van der Waals surface area contributed by atoms with Crippen LogP contribution in [0.1, 0.15) is 16.8 Å². The van der Waals surface area contributed by atoms with Crippen molar-refractivity contribution in [3.8, 4) is 0 Å². The lowest BCUT2D eigenvalue weighted by Gasteiger charge is -2.17. The molecule has 0 unspecified atom stereocenters. The van der Waals surface area contributed by atoms with Crippen molar-refractivity contribution >= 4 is 46.6 Å². The Morgan fingerprint density at radius 1 is 1.04 bits per heavy atom. The molecule has 1 aliphatic heterocycles. The van der Waals surface area contributed by atoms with Crippen LogP contribution in [0.15, 0.2) is 48.5 Å². The molecule has 3 amide bonds. The fourth-order valence-corrected chi connectivity index (χ4v) is 3.12. The van der Waals surface area contributed by atoms with Crippen LogP contribution in [-0.4, -0.2) is 24.3 Å². The molecule has 2 aromatic rings. The van der Waals surface area contributed by atoms with E-state index in [2.05, 4.69) is 10.9 Å². The van der Waals surface area contributed by atoms with Crippen molar-refractivity contribution in [2.45, 2.75) is 6.42 Å². The van der Waals surface area contributed by atoms with Crippen LogP contribution in [0.2, 0.25) is 10.0 Å². The summed E-state index contributed by atoms with van der Waals surface area (Å²) >= 11 is 11.9. The van der Waals surface area contributed by atoms with Gasteiger partial charge in [-0.15, -0.1) is 0 Å². The summed E-state index contributed by atoms with van der Waals surface area (Å²) in [6.07, 6.45) is 0.0559. The van der Waals surface area contributed by atoms with Gasteiger partial charge in [0.15, 0.2) is 0 Å². The third-order valence-corrected chi connectivity index (χ3v) is 4.60. The van der Waals surface area contributed by atoms with E-state index in [1.165, 1.54) is 4.90 Å². The molecular formula is C18H15Cl2N3O3. The van der Waals surface area contributed by atoms with Gasteiger partial charge in [-0.3, -0.25) is 25.2 Å². The van der Waals surface area contributed by atoms with E-state index in [1.807, 2.05) is 0 Å². The molecule has 0 aromatic heterocycles. The third kappa shape index (κ3) is 3.98. The topological polar surface area (TPSA) is 78.5 Å². The van der Waals surface area contributed by atoms with E-state index in [0.717, 1.165) is 0 Å². The Labute approximate surface area is 160 Å². The van der Waals surface area contributed by atoms with E-state index >= 15 is 0 Å². The van der Waals surface area contributed by atoms with Crippen LogP contribution in [-0.2, 0) is 9.59 Å². The number of rotatable bonds is 3. The zero-order valence-electron chi connectivity index (χ0n) is 13.5. The second kappa shape index (κ2) is 7.76. The maximum absolute atomic E-state index is 12.3. The van der Waals surface area contributed by atoms with E-state index in [0.29, 0.717) is 10.7 Å². The standard InChI is InChI=1S/C18H15Cl2N3O3/c19-12-4-3-5-13(9-12)23-10-11(8-16(23)24)17(25)21-22-18(26)14-6-1-2-7-15(14)20/h1-7,9,11H,8,10H2,(H,21,25)(H,22,26)/t11-/m0/s1. The number of amides is 3. The van der Waals surface area contributed by atoms with E-state index in [1.54, 1.807) is 48.5 Å². The number of hydrogen-bond acceptors (Lipinski definition) is 3. The van der Waals surface area contributed by atoms with Crippen LogP contribution < -0.4 is 15.8 Å². The molecule has 8 heteroatoms. The number of hydrogen-bond donors (Lipinski definition) is 2. The Kier molecular flexibility index (Phi) is 5.44. The second-order valence-electron chi connectivity index (χ2n) is 5.81. The minimum atomic E-state index is -0.576. The average molecular weight is 392 g/mol. The maximum Gasteiger partial charge on any atom is 0.271 e. The van der Waals surface area contributed by atoms with Crippen LogP contribution in [0.4, 0.5) is 5.69 Å². The number of anilines is 1. The zero-order chi connectivity index (χ0) is 18.7. The molecule has 0 saturated carbocycles. The molecule has 2 aromatic carbocycles. The van der Waals surface area contributed by atoms with Crippen LogP contribution in [0.3, 0.4) is 0 Å². The summed E-state index contributed by atoms with van der Waals surface area (Å²) in [6, 6.07) is 13.4. The highest BCUT2D eigenvalue weighted by molar-refractivity contribution is 6.33. The van der Waals surface area contributed by atoms with Gasteiger partial charge in [0.25, 0.3) is 5.91 Å². The Bertz CT molecular complexity index is 872. The highest BCUT2D eigenvalue weighted by Crippen LogP contribution is 2.27. The summed E-state index contributed by atoms with van der Waals surface area (Å²) in [5, 5.41) is 0.789. The fourth-order valence-electron chi connectivity index (χ4n) is 2.71. The largest absolute Gasteiger partial charge is 0.312 e. The Morgan fingerprint density at radius 2 is 1.81 bits per heavy atom. The highest BCUT2D eigenvalue weighted by atomic mass is 35.5. The van der Waals surface area contributed by atoms with Gasteiger partial charge in [-0.1, -0.05) is 41.4 Å². The third-order valence-electron chi connectivity index (χ3n) is 4.03. The van der Waals surface area contributed by atoms with Crippen molar-refractivity contribution in [3.63, 3.8) is 0 Å². The average Bonchev–Trinajstić information content (AvgIpc) is 3.01. The maximum atomic E-state index is 12.3. The monoisotopic (exact) mass is 391 g/mol. The van der Waals surface area contributed by atoms with Gasteiger partial charge in [0.2, 0.25) is 11.8 Å². The molecule has 1 fully saturated rings. The molecule has 3 rings (SSSR count). The van der Waals surface area contributed by atoms with Crippen molar-refractivity contribution in [1.82, 2.24) is 10.9 Å². The smallest absolute Gasteiger partial charge is 0.271 e. The molecule has 26 heavy (non-hydrogen) atoms. The summed E-state index contributed by atoms with van der Waals surface area (Å²) in [6.45, 7) is 0.215.